The third kappa shape index (κ3) is 3.19. The standard InChI is InChI=1S/C13H20N2O2/c1-17-9-12(16)8-14-7-11-4-2-3-10-5-6-15-13(10)11/h2-4,12,14-16H,5-9H2,1H3. The van der Waals surface area contributed by atoms with Gasteiger partial charge >= 0.3 is 0 Å². The van der Waals surface area contributed by atoms with Gasteiger partial charge in [0.25, 0.3) is 0 Å². The summed E-state index contributed by atoms with van der Waals surface area (Å²) in [6.07, 6.45) is 0.667. The SMILES string of the molecule is COCC(O)CNCc1cccc2c1NCC2. The van der Waals surface area contributed by atoms with Crippen molar-refractivity contribution in [1.82, 2.24) is 5.32 Å². The molecule has 0 amide bonds. The van der Waals surface area contributed by atoms with Crippen LogP contribution in [0.4, 0.5) is 5.69 Å². The Labute approximate surface area is 102 Å². The lowest BCUT2D eigenvalue weighted by molar-refractivity contribution is 0.0644. The molecule has 0 bridgehead atoms. The second kappa shape index (κ2) is 6.00. The number of ether oxygens (including phenoxy) is 1. The third-order valence-electron chi connectivity index (χ3n) is 2.99. The quantitative estimate of drug-likeness (QED) is 0.682. The second-order valence-electron chi connectivity index (χ2n) is 4.37. The molecule has 0 aromatic heterocycles. The first-order valence-corrected chi connectivity index (χ1v) is 6.03. The van der Waals surface area contributed by atoms with Crippen LogP contribution in [0.25, 0.3) is 0 Å². The molecule has 0 saturated carbocycles. The van der Waals surface area contributed by atoms with Crippen LogP contribution in [-0.4, -0.2) is 38.0 Å². The maximum absolute atomic E-state index is 9.52. The molecule has 1 aliphatic heterocycles. The van der Waals surface area contributed by atoms with Crippen LogP contribution in [0.5, 0.6) is 0 Å². The van der Waals surface area contributed by atoms with Crippen molar-refractivity contribution in [2.24, 2.45) is 0 Å². The molecule has 0 radical (unpaired) electrons. The number of aliphatic hydroxyl groups is 1. The van der Waals surface area contributed by atoms with E-state index in [2.05, 4.69) is 28.8 Å². The van der Waals surface area contributed by atoms with E-state index in [0.717, 1.165) is 19.5 Å². The average Bonchev–Trinajstić information content (AvgIpc) is 2.78. The number of anilines is 1. The van der Waals surface area contributed by atoms with Gasteiger partial charge in [-0.1, -0.05) is 18.2 Å². The van der Waals surface area contributed by atoms with E-state index in [0.29, 0.717) is 13.2 Å². The third-order valence-corrected chi connectivity index (χ3v) is 2.99. The number of nitrogens with one attached hydrogen (secondary N) is 2. The molecule has 0 aliphatic carbocycles. The molecule has 1 unspecified atom stereocenters. The average molecular weight is 236 g/mol. The first-order valence-electron chi connectivity index (χ1n) is 6.03. The molecule has 1 heterocycles. The fourth-order valence-corrected chi connectivity index (χ4v) is 2.18. The van der Waals surface area contributed by atoms with Crippen molar-refractivity contribution >= 4 is 5.69 Å². The molecule has 94 valence electrons. The highest BCUT2D eigenvalue weighted by molar-refractivity contribution is 5.61. The Morgan fingerprint density at radius 2 is 2.41 bits per heavy atom. The van der Waals surface area contributed by atoms with E-state index in [9.17, 15) is 5.11 Å². The number of para-hydroxylation sites is 1. The normalized spacial score (nSPS) is 15.4. The molecule has 1 aromatic carbocycles. The van der Waals surface area contributed by atoms with Gasteiger partial charge in [-0.25, -0.2) is 0 Å². The predicted molar refractivity (Wildman–Crippen MR) is 68.2 cm³/mol. The zero-order valence-electron chi connectivity index (χ0n) is 10.2. The molecule has 1 aliphatic rings. The van der Waals surface area contributed by atoms with Gasteiger partial charge in [0.05, 0.1) is 12.7 Å². The van der Waals surface area contributed by atoms with E-state index in [-0.39, 0.29) is 0 Å². The van der Waals surface area contributed by atoms with Crippen molar-refractivity contribution in [2.75, 3.05) is 32.1 Å². The highest BCUT2D eigenvalue weighted by Gasteiger charge is 2.13. The molecular weight excluding hydrogens is 216 g/mol. The van der Waals surface area contributed by atoms with Crippen LogP contribution in [0.3, 0.4) is 0 Å². The molecule has 0 spiro atoms. The Kier molecular flexibility index (Phi) is 4.36. The van der Waals surface area contributed by atoms with Crippen LogP contribution in [0.2, 0.25) is 0 Å². The maximum atomic E-state index is 9.52. The molecule has 0 saturated heterocycles. The Hall–Kier alpha value is -1.10. The van der Waals surface area contributed by atoms with Crippen LogP contribution in [0.1, 0.15) is 11.1 Å². The van der Waals surface area contributed by atoms with Crippen molar-refractivity contribution in [3.05, 3.63) is 29.3 Å². The molecule has 17 heavy (non-hydrogen) atoms. The summed E-state index contributed by atoms with van der Waals surface area (Å²) in [4.78, 5) is 0. The van der Waals surface area contributed by atoms with Crippen molar-refractivity contribution in [2.45, 2.75) is 19.1 Å². The number of fused-ring (bicyclic) bond motifs is 1. The summed E-state index contributed by atoms with van der Waals surface area (Å²) in [5.41, 5.74) is 3.92. The van der Waals surface area contributed by atoms with Gasteiger partial charge in [0.2, 0.25) is 0 Å². The number of hydrogen-bond donors (Lipinski definition) is 3. The Bertz CT molecular complexity index is 368. The summed E-state index contributed by atoms with van der Waals surface area (Å²) in [6, 6.07) is 6.37. The monoisotopic (exact) mass is 236 g/mol. The van der Waals surface area contributed by atoms with E-state index in [1.807, 2.05) is 0 Å². The summed E-state index contributed by atoms with van der Waals surface area (Å²) in [6.45, 7) is 2.73. The highest BCUT2D eigenvalue weighted by Crippen LogP contribution is 2.25. The molecule has 1 atom stereocenters. The summed E-state index contributed by atoms with van der Waals surface area (Å²) >= 11 is 0. The summed E-state index contributed by atoms with van der Waals surface area (Å²) in [5.74, 6) is 0. The maximum Gasteiger partial charge on any atom is 0.0897 e. The number of benzene rings is 1. The minimum absolute atomic E-state index is 0.373. The first-order chi connectivity index (χ1) is 8.31. The van der Waals surface area contributed by atoms with Crippen LogP contribution in [0.15, 0.2) is 18.2 Å². The second-order valence-corrected chi connectivity index (χ2v) is 4.37. The summed E-state index contributed by atoms with van der Waals surface area (Å²) in [7, 11) is 1.59. The van der Waals surface area contributed by atoms with Crippen LogP contribution in [0, 0.1) is 0 Å². The van der Waals surface area contributed by atoms with Crippen LogP contribution >= 0.6 is 0 Å². The Morgan fingerprint density at radius 3 is 3.24 bits per heavy atom. The van der Waals surface area contributed by atoms with Crippen LogP contribution < -0.4 is 10.6 Å². The van der Waals surface area contributed by atoms with Gasteiger partial charge in [-0.3, -0.25) is 0 Å². The van der Waals surface area contributed by atoms with Gasteiger partial charge in [-0.15, -0.1) is 0 Å². The van der Waals surface area contributed by atoms with E-state index >= 15 is 0 Å². The van der Waals surface area contributed by atoms with Gasteiger partial charge in [-0.2, -0.15) is 0 Å². The molecule has 0 fully saturated rings. The molecule has 1 aromatic rings. The van der Waals surface area contributed by atoms with Gasteiger partial charge < -0.3 is 20.5 Å². The lowest BCUT2D eigenvalue weighted by atomic mass is 10.1. The highest BCUT2D eigenvalue weighted by atomic mass is 16.5. The van der Waals surface area contributed by atoms with E-state index in [4.69, 9.17) is 4.74 Å². The van der Waals surface area contributed by atoms with Gasteiger partial charge in [0, 0.05) is 32.4 Å². The van der Waals surface area contributed by atoms with Gasteiger partial charge in [0.1, 0.15) is 0 Å². The predicted octanol–water partition coefficient (Wildman–Crippen LogP) is 0.751. The first kappa shape index (κ1) is 12.4. The number of hydrogen-bond acceptors (Lipinski definition) is 4. The largest absolute Gasteiger partial charge is 0.389 e. The lowest BCUT2D eigenvalue weighted by Gasteiger charge is -2.13. The van der Waals surface area contributed by atoms with E-state index in [1.165, 1.54) is 16.8 Å². The van der Waals surface area contributed by atoms with Crippen molar-refractivity contribution in [3.8, 4) is 0 Å². The molecule has 4 nitrogen and oxygen atoms in total. The fraction of sp³-hybridized carbons (Fsp3) is 0.538. The van der Waals surface area contributed by atoms with Gasteiger partial charge in [-0.05, 0) is 17.5 Å². The zero-order chi connectivity index (χ0) is 12.1. The molecule has 4 heteroatoms. The molecule has 3 N–H and O–H groups in total. The summed E-state index contributed by atoms with van der Waals surface area (Å²) in [5, 5.41) is 16.2. The van der Waals surface area contributed by atoms with E-state index < -0.39 is 6.10 Å². The minimum atomic E-state index is -0.440. The Morgan fingerprint density at radius 1 is 1.53 bits per heavy atom. The number of rotatable bonds is 6. The van der Waals surface area contributed by atoms with Crippen molar-refractivity contribution < 1.29 is 9.84 Å². The molecular formula is C13H20N2O2. The van der Waals surface area contributed by atoms with Crippen LogP contribution in [-0.2, 0) is 17.7 Å². The number of methoxy groups -OCH3 is 1. The van der Waals surface area contributed by atoms with Gasteiger partial charge in [0.15, 0.2) is 0 Å². The van der Waals surface area contributed by atoms with E-state index in [1.54, 1.807) is 7.11 Å². The minimum Gasteiger partial charge on any atom is -0.389 e. The topological polar surface area (TPSA) is 53.5 Å². The Balaban J connectivity index is 1.85. The zero-order valence-corrected chi connectivity index (χ0v) is 10.2. The number of aliphatic hydroxyl groups excluding tert-OH is 1. The summed E-state index contributed by atoms with van der Waals surface area (Å²) < 4.78 is 4.88. The fourth-order valence-electron chi connectivity index (χ4n) is 2.18. The van der Waals surface area contributed by atoms with Crippen molar-refractivity contribution in [3.63, 3.8) is 0 Å². The smallest absolute Gasteiger partial charge is 0.0897 e. The lowest BCUT2D eigenvalue weighted by Crippen LogP contribution is -2.29. The molecule has 2 rings (SSSR count). The van der Waals surface area contributed by atoms with Crippen molar-refractivity contribution in [1.29, 1.82) is 0 Å².